The van der Waals surface area contributed by atoms with E-state index in [1.165, 1.54) is 0 Å². The molecule has 0 unspecified atom stereocenters. The van der Waals surface area contributed by atoms with E-state index in [4.69, 9.17) is 9.30 Å². The van der Waals surface area contributed by atoms with Crippen molar-refractivity contribution in [1.29, 1.82) is 0 Å². The first kappa shape index (κ1) is 22.5. The van der Waals surface area contributed by atoms with Gasteiger partial charge in [0, 0.05) is 23.5 Å². The molecule has 0 amide bonds. The monoisotopic (exact) mass is 304 g/mol. The molecule has 0 atom stereocenters. The third-order valence-corrected chi connectivity index (χ3v) is 0.556. The molecule has 0 fully saturated rings. The van der Waals surface area contributed by atoms with Gasteiger partial charge in [0.15, 0.2) is 0 Å². The summed E-state index contributed by atoms with van der Waals surface area (Å²) in [6, 6.07) is 0. The fourth-order valence-electron chi connectivity index (χ4n) is 0.321. The van der Waals surface area contributed by atoms with Crippen LogP contribution in [0, 0.1) is 19.7 Å². The minimum Gasteiger partial charge on any atom is -1.00 e. The van der Waals surface area contributed by atoms with E-state index in [9.17, 15) is 0 Å². The molecule has 1 radical (unpaired) electrons. The van der Waals surface area contributed by atoms with Gasteiger partial charge in [0.05, 0.1) is 0 Å². The largest absolute Gasteiger partial charge is 1.00 e. The molecular formula is C7H5FeIO2-. The zero-order valence-electron chi connectivity index (χ0n) is 5.43. The van der Waals surface area contributed by atoms with Crippen LogP contribution >= 0.6 is 0 Å². The molecule has 0 spiro atoms. The van der Waals surface area contributed by atoms with Gasteiger partial charge in [0.2, 0.25) is 0 Å². The van der Waals surface area contributed by atoms with Gasteiger partial charge in [0.1, 0.15) is 0 Å². The molecule has 0 N–H and O–H groups in total. The number of halogens is 1. The van der Waals surface area contributed by atoms with Crippen LogP contribution in [-0.2, 0) is 26.4 Å². The predicted octanol–water partition coefficient (Wildman–Crippen LogP) is -1.76. The Balaban J connectivity index is -0.0000000369. The maximum atomic E-state index is 7.50. The molecule has 0 bridgehead atoms. The average molecular weight is 304 g/mol. The molecule has 0 aromatic rings. The summed E-state index contributed by atoms with van der Waals surface area (Å²) in [7, 11) is 0. The molecule has 1 rings (SSSR count). The summed E-state index contributed by atoms with van der Waals surface area (Å²) < 4.78 is 15.0. The van der Waals surface area contributed by atoms with Gasteiger partial charge in [-0.1, -0.05) is 24.3 Å². The molecule has 11 heavy (non-hydrogen) atoms. The molecule has 0 aromatic carbocycles. The van der Waals surface area contributed by atoms with E-state index in [0.717, 1.165) is 0 Å². The van der Waals surface area contributed by atoms with Crippen molar-refractivity contribution in [3.63, 3.8) is 0 Å². The van der Waals surface area contributed by atoms with Crippen molar-refractivity contribution >= 4 is 0 Å². The van der Waals surface area contributed by atoms with Crippen LogP contribution in [0.2, 0.25) is 0 Å². The molecule has 1 aliphatic carbocycles. The van der Waals surface area contributed by atoms with Crippen molar-refractivity contribution in [2.45, 2.75) is 0 Å². The van der Waals surface area contributed by atoms with Gasteiger partial charge in [-0.25, -0.2) is 0 Å². The summed E-state index contributed by atoms with van der Waals surface area (Å²) in [5.41, 5.74) is 0. The van der Waals surface area contributed by atoms with Crippen LogP contribution in [0.15, 0.2) is 24.3 Å². The van der Waals surface area contributed by atoms with E-state index < -0.39 is 0 Å². The van der Waals surface area contributed by atoms with Crippen molar-refractivity contribution in [3.8, 4) is 0 Å². The number of allylic oxidation sites excluding steroid dienone is 4. The van der Waals surface area contributed by atoms with Crippen LogP contribution in [-0.4, -0.2) is 0 Å². The smallest absolute Gasteiger partial charge is 0.00506 e. The predicted molar refractivity (Wildman–Crippen MR) is 30.4 cm³/mol. The average Bonchev–Trinajstić information content (AvgIpc) is 2.51. The first-order valence-corrected chi connectivity index (χ1v) is 2.07. The third kappa shape index (κ3) is 25.4. The summed E-state index contributed by atoms with van der Waals surface area (Å²) in [5.74, 6) is 0. The van der Waals surface area contributed by atoms with Gasteiger partial charge >= 0.3 is 22.6 Å². The summed E-state index contributed by atoms with van der Waals surface area (Å²) >= 11 is 0. The number of rotatable bonds is 0. The topological polar surface area (TPSA) is 39.8 Å². The van der Waals surface area contributed by atoms with E-state index in [1.807, 2.05) is 30.7 Å². The van der Waals surface area contributed by atoms with Crippen LogP contribution < -0.4 is 24.0 Å². The van der Waals surface area contributed by atoms with Crippen molar-refractivity contribution in [2.24, 2.45) is 0 Å². The maximum absolute atomic E-state index is 7.50. The van der Waals surface area contributed by atoms with Crippen LogP contribution in [0.25, 0.3) is 0 Å². The second-order valence-corrected chi connectivity index (χ2v) is 0.962. The first-order valence-electron chi connectivity index (χ1n) is 2.07. The SMILES string of the molecule is [C-]#[O+].[C-]#[O+].[CH]1C=CC=C1.[Fe].[I-]. The molecule has 61 valence electrons. The molecule has 0 saturated carbocycles. The van der Waals surface area contributed by atoms with Crippen LogP contribution in [0.3, 0.4) is 0 Å². The Labute approximate surface area is 94.1 Å². The normalized spacial score (nSPS) is 8.36. The summed E-state index contributed by atoms with van der Waals surface area (Å²) in [6.45, 7) is 9.00. The Morgan fingerprint density at radius 1 is 0.727 bits per heavy atom. The van der Waals surface area contributed by atoms with Crippen molar-refractivity contribution in [1.82, 2.24) is 0 Å². The first-order chi connectivity index (χ1) is 4.50. The zero-order chi connectivity index (χ0) is 7.54. The van der Waals surface area contributed by atoms with Gasteiger partial charge in [-0.3, -0.25) is 0 Å². The van der Waals surface area contributed by atoms with Crippen LogP contribution in [0.5, 0.6) is 0 Å². The Bertz CT molecular complexity index is 122. The molecule has 2 nitrogen and oxygen atoms in total. The van der Waals surface area contributed by atoms with Gasteiger partial charge in [0.25, 0.3) is 0 Å². The quantitative estimate of drug-likeness (QED) is 0.220. The summed E-state index contributed by atoms with van der Waals surface area (Å²) in [6.07, 6.45) is 10.0. The van der Waals surface area contributed by atoms with Gasteiger partial charge < -0.3 is 24.0 Å². The Hall–Kier alpha value is 0.209. The molecule has 0 saturated heterocycles. The van der Waals surface area contributed by atoms with E-state index in [-0.39, 0.29) is 41.0 Å². The summed E-state index contributed by atoms with van der Waals surface area (Å²) in [5, 5.41) is 0. The second kappa shape index (κ2) is 31.9. The van der Waals surface area contributed by atoms with Crippen molar-refractivity contribution < 1.29 is 50.3 Å². The van der Waals surface area contributed by atoms with Crippen molar-refractivity contribution in [2.75, 3.05) is 0 Å². The number of hydrogen-bond acceptors (Lipinski definition) is 0. The van der Waals surface area contributed by atoms with Crippen molar-refractivity contribution in [3.05, 3.63) is 44.0 Å². The van der Waals surface area contributed by atoms with Gasteiger partial charge in [-0.15, -0.1) is 0 Å². The maximum Gasteiger partial charge on any atom is 0.00506 e. The minimum absolute atomic E-state index is 0. The number of hydrogen-bond donors (Lipinski definition) is 0. The third-order valence-electron chi connectivity index (χ3n) is 0.556. The van der Waals surface area contributed by atoms with E-state index in [2.05, 4.69) is 13.3 Å². The molecule has 0 aliphatic heterocycles. The van der Waals surface area contributed by atoms with E-state index in [1.54, 1.807) is 0 Å². The molecule has 4 heteroatoms. The van der Waals surface area contributed by atoms with Gasteiger partial charge in [-0.05, 0) is 0 Å². The fourth-order valence-corrected chi connectivity index (χ4v) is 0.321. The Morgan fingerprint density at radius 2 is 1.00 bits per heavy atom. The Morgan fingerprint density at radius 3 is 1.09 bits per heavy atom. The fraction of sp³-hybridized carbons (Fsp3) is 0. The summed E-state index contributed by atoms with van der Waals surface area (Å²) in [4.78, 5) is 0. The molecule has 1 aliphatic rings. The zero-order valence-corrected chi connectivity index (χ0v) is 8.70. The standard InChI is InChI=1S/C5H5.2CO.Fe.HI/c1-2-4-5-3-1;2*1-2;;/h1-5H;;;;1H/p-1. The van der Waals surface area contributed by atoms with E-state index >= 15 is 0 Å². The van der Waals surface area contributed by atoms with Crippen LogP contribution in [0.4, 0.5) is 0 Å². The molecule has 0 heterocycles. The van der Waals surface area contributed by atoms with Gasteiger partial charge in [-0.2, -0.15) is 0 Å². The molecular weight excluding hydrogens is 299 g/mol. The molecule has 0 aromatic heterocycles. The van der Waals surface area contributed by atoms with E-state index in [0.29, 0.717) is 0 Å². The Kier molecular flexibility index (Phi) is 65.2. The minimum atomic E-state index is 0. The second-order valence-electron chi connectivity index (χ2n) is 0.962. The van der Waals surface area contributed by atoms with Crippen LogP contribution in [0.1, 0.15) is 0 Å².